The average molecular weight is 338 g/mol. The largest absolute Gasteiger partial charge is 0.497 e. The molecule has 2 aromatic rings. The van der Waals surface area contributed by atoms with Crippen LogP contribution in [0.25, 0.3) is 0 Å². The van der Waals surface area contributed by atoms with Crippen molar-refractivity contribution in [1.29, 1.82) is 0 Å². The number of hydrogen-bond acceptors (Lipinski definition) is 3. The Morgan fingerprint density at radius 1 is 1.16 bits per heavy atom. The van der Waals surface area contributed by atoms with E-state index < -0.39 is 0 Å². The molecular weight excluding hydrogens is 316 g/mol. The van der Waals surface area contributed by atoms with Gasteiger partial charge in [-0.3, -0.25) is 9.59 Å². The predicted molar refractivity (Wildman–Crippen MR) is 96.5 cm³/mol. The van der Waals surface area contributed by atoms with Crippen molar-refractivity contribution in [1.82, 2.24) is 5.32 Å². The molecule has 1 aliphatic heterocycles. The zero-order valence-corrected chi connectivity index (χ0v) is 14.4. The Hall–Kier alpha value is -2.82. The zero-order chi connectivity index (χ0) is 17.8. The van der Waals surface area contributed by atoms with Crippen molar-refractivity contribution in [3.8, 4) is 5.75 Å². The van der Waals surface area contributed by atoms with Crippen molar-refractivity contribution >= 4 is 17.5 Å². The third kappa shape index (κ3) is 3.82. The molecule has 0 spiro atoms. The number of hydrogen-bond donors (Lipinski definition) is 1. The molecule has 5 heteroatoms. The lowest BCUT2D eigenvalue weighted by atomic mass is 10.1. The predicted octanol–water partition coefficient (Wildman–Crippen LogP) is 2.93. The first-order valence-corrected chi connectivity index (χ1v) is 8.38. The standard InChI is InChI=1S/C20H22N2O3/c1-14(15-6-4-3-5-7-15)21-20(24)16-12-19(23)22(13-16)17-8-10-18(25-2)11-9-17/h3-11,14,16H,12-13H2,1-2H3,(H,21,24)/t14-,16+/m0/s1. The SMILES string of the molecule is COc1ccc(N2C[C@H](C(=O)N[C@@H](C)c3ccccc3)CC2=O)cc1. The number of nitrogens with one attached hydrogen (secondary N) is 1. The molecule has 25 heavy (non-hydrogen) atoms. The van der Waals surface area contributed by atoms with Crippen molar-refractivity contribution in [3.05, 3.63) is 60.2 Å². The Bertz CT molecular complexity index is 743. The minimum atomic E-state index is -0.333. The van der Waals surface area contributed by atoms with Gasteiger partial charge in [-0.1, -0.05) is 30.3 Å². The smallest absolute Gasteiger partial charge is 0.227 e. The molecule has 0 aliphatic carbocycles. The lowest BCUT2D eigenvalue weighted by molar-refractivity contribution is -0.126. The van der Waals surface area contributed by atoms with E-state index in [4.69, 9.17) is 4.74 Å². The molecular formula is C20H22N2O3. The molecule has 1 saturated heterocycles. The number of methoxy groups -OCH3 is 1. The van der Waals surface area contributed by atoms with Crippen LogP contribution < -0.4 is 15.0 Å². The van der Waals surface area contributed by atoms with Crippen LogP contribution in [0.15, 0.2) is 54.6 Å². The summed E-state index contributed by atoms with van der Waals surface area (Å²) in [4.78, 5) is 26.5. The van der Waals surface area contributed by atoms with Crippen LogP contribution in [0, 0.1) is 5.92 Å². The first-order chi connectivity index (χ1) is 12.1. The van der Waals surface area contributed by atoms with Gasteiger partial charge in [-0.15, -0.1) is 0 Å². The minimum absolute atomic E-state index is 0.0299. The van der Waals surface area contributed by atoms with Crippen molar-refractivity contribution in [2.75, 3.05) is 18.6 Å². The second kappa shape index (κ2) is 7.38. The molecule has 0 aromatic heterocycles. The quantitative estimate of drug-likeness (QED) is 0.912. The summed E-state index contributed by atoms with van der Waals surface area (Å²) in [6, 6.07) is 17.0. The maximum absolute atomic E-state index is 12.5. The maximum Gasteiger partial charge on any atom is 0.227 e. The molecule has 0 unspecified atom stereocenters. The first-order valence-electron chi connectivity index (χ1n) is 8.38. The Kier molecular flexibility index (Phi) is 5.03. The van der Waals surface area contributed by atoms with Crippen LogP contribution in [-0.4, -0.2) is 25.5 Å². The maximum atomic E-state index is 12.5. The van der Waals surface area contributed by atoms with Crippen molar-refractivity contribution in [2.45, 2.75) is 19.4 Å². The Morgan fingerprint density at radius 2 is 1.84 bits per heavy atom. The van der Waals surface area contributed by atoms with Crippen LogP contribution in [-0.2, 0) is 9.59 Å². The molecule has 1 fully saturated rings. The summed E-state index contributed by atoms with van der Waals surface area (Å²) in [5.74, 6) is 0.292. The van der Waals surface area contributed by atoms with Crippen molar-refractivity contribution < 1.29 is 14.3 Å². The molecule has 2 aromatic carbocycles. The third-order valence-corrected chi connectivity index (χ3v) is 4.54. The molecule has 0 radical (unpaired) electrons. The van der Waals surface area contributed by atoms with Gasteiger partial charge in [0.15, 0.2) is 0 Å². The number of nitrogens with zero attached hydrogens (tertiary/aromatic N) is 1. The van der Waals surface area contributed by atoms with Gasteiger partial charge in [0.05, 0.1) is 19.1 Å². The second-order valence-electron chi connectivity index (χ2n) is 6.24. The van der Waals surface area contributed by atoms with Gasteiger partial charge in [0.2, 0.25) is 11.8 Å². The van der Waals surface area contributed by atoms with Crippen LogP contribution in [0.3, 0.4) is 0 Å². The monoisotopic (exact) mass is 338 g/mol. The molecule has 2 atom stereocenters. The normalized spacial score (nSPS) is 18.1. The molecule has 2 amide bonds. The minimum Gasteiger partial charge on any atom is -0.497 e. The van der Waals surface area contributed by atoms with Gasteiger partial charge in [0, 0.05) is 18.7 Å². The van der Waals surface area contributed by atoms with Gasteiger partial charge >= 0.3 is 0 Å². The van der Waals surface area contributed by atoms with E-state index in [9.17, 15) is 9.59 Å². The number of ether oxygens (including phenoxy) is 1. The number of amides is 2. The lowest BCUT2D eigenvalue weighted by Crippen LogP contribution is -2.34. The molecule has 1 heterocycles. The van der Waals surface area contributed by atoms with E-state index in [-0.39, 0.29) is 30.2 Å². The summed E-state index contributed by atoms with van der Waals surface area (Å²) in [6.45, 7) is 2.35. The number of benzene rings is 2. The summed E-state index contributed by atoms with van der Waals surface area (Å²) in [5, 5.41) is 3.01. The molecule has 1 aliphatic rings. The first kappa shape index (κ1) is 17.0. The lowest BCUT2D eigenvalue weighted by Gasteiger charge is -2.19. The van der Waals surface area contributed by atoms with E-state index in [2.05, 4.69) is 5.32 Å². The van der Waals surface area contributed by atoms with E-state index in [1.54, 1.807) is 12.0 Å². The Labute approximate surface area is 147 Å². The van der Waals surface area contributed by atoms with Gasteiger partial charge in [-0.05, 0) is 36.8 Å². The number of carbonyl (C=O) groups excluding carboxylic acids is 2. The van der Waals surface area contributed by atoms with Gasteiger partial charge in [-0.25, -0.2) is 0 Å². The van der Waals surface area contributed by atoms with Gasteiger partial charge in [0.25, 0.3) is 0 Å². The van der Waals surface area contributed by atoms with E-state index in [1.807, 2.05) is 61.5 Å². The van der Waals surface area contributed by atoms with Gasteiger partial charge in [0.1, 0.15) is 5.75 Å². The van der Waals surface area contributed by atoms with Crippen LogP contribution >= 0.6 is 0 Å². The fourth-order valence-corrected chi connectivity index (χ4v) is 3.05. The summed E-state index contributed by atoms with van der Waals surface area (Å²) in [6.07, 6.45) is 0.235. The van der Waals surface area contributed by atoms with Gasteiger partial charge < -0.3 is 15.0 Å². The zero-order valence-electron chi connectivity index (χ0n) is 14.4. The van der Waals surface area contributed by atoms with Crippen molar-refractivity contribution in [3.63, 3.8) is 0 Å². The third-order valence-electron chi connectivity index (χ3n) is 4.54. The van der Waals surface area contributed by atoms with Crippen LogP contribution in [0.5, 0.6) is 5.75 Å². The van der Waals surface area contributed by atoms with Gasteiger partial charge in [-0.2, -0.15) is 0 Å². The average Bonchev–Trinajstić information content (AvgIpc) is 3.04. The highest BCUT2D eigenvalue weighted by atomic mass is 16.5. The number of anilines is 1. The van der Waals surface area contributed by atoms with Crippen LogP contribution in [0.1, 0.15) is 24.9 Å². The summed E-state index contributed by atoms with van der Waals surface area (Å²) < 4.78 is 5.14. The van der Waals surface area contributed by atoms with E-state index in [1.165, 1.54) is 0 Å². The molecule has 3 rings (SSSR count). The fourth-order valence-electron chi connectivity index (χ4n) is 3.05. The van der Waals surface area contributed by atoms with E-state index in [0.29, 0.717) is 6.54 Å². The Balaban J connectivity index is 1.64. The fraction of sp³-hybridized carbons (Fsp3) is 0.300. The highest BCUT2D eigenvalue weighted by Gasteiger charge is 2.35. The summed E-state index contributed by atoms with van der Waals surface area (Å²) >= 11 is 0. The molecule has 5 nitrogen and oxygen atoms in total. The topological polar surface area (TPSA) is 58.6 Å². The highest BCUT2D eigenvalue weighted by molar-refractivity contribution is 6.00. The highest BCUT2D eigenvalue weighted by Crippen LogP contribution is 2.27. The van der Waals surface area contributed by atoms with Crippen LogP contribution in [0.4, 0.5) is 5.69 Å². The molecule has 0 bridgehead atoms. The molecule has 1 N–H and O–H groups in total. The Morgan fingerprint density at radius 3 is 2.48 bits per heavy atom. The number of rotatable bonds is 5. The molecule has 0 saturated carbocycles. The second-order valence-corrected chi connectivity index (χ2v) is 6.24. The van der Waals surface area contributed by atoms with Crippen molar-refractivity contribution in [2.24, 2.45) is 5.92 Å². The molecule has 130 valence electrons. The van der Waals surface area contributed by atoms with E-state index in [0.717, 1.165) is 17.0 Å². The van der Waals surface area contributed by atoms with Crippen LogP contribution in [0.2, 0.25) is 0 Å². The summed E-state index contributed by atoms with van der Waals surface area (Å²) in [7, 11) is 1.60. The van der Waals surface area contributed by atoms with E-state index >= 15 is 0 Å². The summed E-state index contributed by atoms with van der Waals surface area (Å²) in [5.41, 5.74) is 1.84. The number of carbonyl (C=O) groups is 2.